The van der Waals surface area contributed by atoms with Crippen LogP contribution >= 0.6 is 27.7 Å². The Morgan fingerprint density at radius 2 is 1.95 bits per heavy atom. The van der Waals surface area contributed by atoms with Gasteiger partial charge in [0.05, 0.1) is 17.1 Å². The van der Waals surface area contributed by atoms with Gasteiger partial charge < -0.3 is 4.74 Å². The van der Waals surface area contributed by atoms with Crippen molar-refractivity contribution >= 4 is 39.3 Å². The van der Waals surface area contributed by atoms with Gasteiger partial charge in [0, 0.05) is 26.4 Å². The first kappa shape index (κ1) is 16.5. The summed E-state index contributed by atoms with van der Waals surface area (Å²) in [5, 5.41) is 10.7. The number of carbonyl (C=O) groups excluding carboxylic acids is 1. The smallest absolute Gasteiger partial charge is 0.339 e. The van der Waals surface area contributed by atoms with Gasteiger partial charge in [-0.05, 0) is 37.3 Å². The van der Waals surface area contributed by atoms with Crippen LogP contribution in [0.25, 0.3) is 0 Å². The van der Waals surface area contributed by atoms with E-state index in [2.05, 4.69) is 15.9 Å². The third-order valence-electron chi connectivity index (χ3n) is 2.71. The Morgan fingerprint density at radius 1 is 1.27 bits per heavy atom. The van der Waals surface area contributed by atoms with Crippen LogP contribution < -0.4 is 0 Å². The highest BCUT2D eigenvalue weighted by Gasteiger charge is 2.14. The molecule has 0 saturated heterocycles. The molecule has 114 valence electrons. The topological polar surface area (TPSA) is 69.4 Å². The highest BCUT2D eigenvalue weighted by molar-refractivity contribution is 9.10. The molecular formula is C15H12BrNO4S. The SMILES string of the molecule is CCOC(=O)c1cc(Br)ccc1Sc1ccc([N+](=O)[O-])cc1. The predicted molar refractivity (Wildman–Crippen MR) is 87.3 cm³/mol. The summed E-state index contributed by atoms with van der Waals surface area (Å²) >= 11 is 4.69. The summed E-state index contributed by atoms with van der Waals surface area (Å²) in [5.74, 6) is -0.395. The number of nitro benzene ring substituents is 1. The molecule has 0 spiro atoms. The van der Waals surface area contributed by atoms with E-state index in [0.717, 1.165) is 14.3 Å². The van der Waals surface area contributed by atoms with Crippen molar-refractivity contribution in [2.24, 2.45) is 0 Å². The molecule has 0 aromatic heterocycles. The van der Waals surface area contributed by atoms with Crippen molar-refractivity contribution in [1.82, 2.24) is 0 Å². The minimum atomic E-state index is -0.446. The molecule has 0 atom stereocenters. The van der Waals surface area contributed by atoms with Crippen LogP contribution in [-0.2, 0) is 4.74 Å². The molecule has 0 aliphatic carbocycles. The van der Waals surface area contributed by atoms with Crippen LogP contribution in [-0.4, -0.2) is 17.5 Å². The van der Waals surface area contributed by atoms with E-state index in [1.54, 1.807) is 25.1 Å². The number of halogens is 1. The van der Waals surface area contributed by atoms with Crippen LogP contribution in [0.3, 0.4) is 0 Å². The summed E-state index contributed by atoms with van der Waals surface area (Å²) in [7, 11) is 0. The van der Waals surface area contributed by atoms with E-state index in [1.165, 1.54) is 23.9 Å². The molecule has 2 rings (SSSR count). The molecule has 5 nitrogen and oxygen atoms in total. The van der Waals surface area contributed by atoms with E-state index in [9.17, 15) is 14.9 Å². The summed E-state index contributed by atoms with van der Waals surface area (Å²) in [4.78, 5) is 23.8. The number of ether oxygens (including phenoxy) is 1. The molecule has 7 heteroatoms. The number of nitrogens with zero attached hydrogens (tertiary/aromatic N) is 1. The maximum Gasteiger partial charge on any atom is 0.339 e. The maximum atomic E-state index is 12.0. The highest BCUT2D eigenvalue weighted by atomic mass is 79.9. The summed E-state index contributed by atoms with van der Waals surface area (Å²) in [6, 6.07) is 11.5. The van der Waals surface area contributed by atoms with Gasteiger partial charge in [-0.2, -0.15) is 0 Å². The van der Waals surface area contributed by atoms with Gasteiger partial charge in [-0.15, -0.1) is 0 Å². The third-order valence-corrected chi connectivity index (χ3v) is 4.29. The number of rotatable bonds is 5. The lowest BCUT2D eigenvalue weighted by molar-refractivity contribution is -0.384. The largest absolute Gasteiger partial charge is 0.462 e. The summed E-state index contributed by atoms with van der Waals surface area (Å²) in [6.07, 6.45) is 0. The van der Waals surface area contributed by atoms with E-state index in [4.69, 9.17) is 4.74 Å². The number of non-ortho nitro benzene ring substituents is 1. The molecule has 0 saturated carbocycles. The Kier molecular flexibility index (Phi) is 5.57. The number of hydrogen-bond acceptors (Lipinski definition) is 5. The Bertz CT molecular complexity index is 703. The van der Waals surface area contributed by atoms with Crippen molar-refractivity contribution in [3.8, 4) is 0 Å². The second-order valence-corrected chi connectivity index (χ2v) is 6.25. The average Bonchev–Trinajstić information content (AvgIpc) is 2.50. The highest BCUT2D eigenvalue weighted by Crippen LogP contribution is 2.33. The van der Waals surface area contributed by atoms with Gasteiger partial charge in [0.2, 0.25) is 0 Å². The summed E-state index contributed by atoms with van der Waals surface area (Å²) in [6.45, 7) is 2.05. The van der Waals surface area contributed by atoms with Crippen molar-refractivity contribution in [3.63, 3.8) is 0 Å². The fraction of sp³-hybridized carbons (Fsp3) is 0.133. The number of carbonyl (C=O) groups is 1. The summed E-state index contributed by atoms with van der Waals surface area (Å²) < 4.78 is 5.83. The molecule has 0 amide bonds. The lowest BCUT2D eigenvalue weighted by Crippen LogP contribution is -2.06. The Hall–Kier alpha value is -1.86. The second kappa shape index (κ2) is 7.42. The van der Waals surface area contributed by atoms with Crippen LogP contribution in [0.5, 0.6) is 0 Å². The molecule has 0 unspecified atom stereocenters. The molecule has 0 fully saturated rings. The number of hydrogen-bond donors (Lipinski definition) is 0. The standard InChI is InChI=1S/C15H12BrNO4S/c1-2-21-15(18)13-9-10(16)3-8-14(13)22-12-6-4-11(5-7-12)17(19)20/h3-9H,2H2,1H3. The van der Waals surface area contributed by atoms with Crippen molar-refractivity contribution in [2.75, 3.05) is 6.61 Å². The van der Waals surface area contributed by atoms with E-state index in [0.29, 0.717) is 12.2 Å². The van der Waals surface area contributed by atoms with Crippen LogP contribution in [0.1, 0.15) is 17.3 Å². The van der Waals surface area contributed by atoms with Gasteiger partial charge in [0.15, 0.2) is 0 Å². The van der Waals surface area contributed by atoms with E-state index < -0.39 is 10.9 Å². The van der Waals surface area contributed by atoms with Crippen LogP contribution in [0.2, 0.25) is 0 Å². The molecule has 0 aliphatic rings. The zero-order chi connectivity index (χ0) is 16.1. The third kappa shape index (κ3) is 4.08. The molecule has 0 heterocycles. The normalized spacial score (nSPS) is 10.3. The van der Waals surface area contributed by atoms with Crippen molar-refractivity contribution in [1.29, 1.82) is 0 Å². The quantitative estimate of drug-likeness (QED) is 0.427. The van der Waals surface area contributed by atoms with Gasteiger partial charge in [-0.1, -0.05) is 27.7 Å². The van der Waals surface area contributed by atoms with Crippen LogP contribution in [0, 0.1) is 10.1 Å². The monoisotopic (exact) mass is 381 g/mol. The van der Waals surface area contributed by atoms with E-state index in [1.807, 2.05) is 12.1 Å². The zero-order valence-electron chi connectivity index (χ0n) is 11.6. The molecule has 2 aromatic rings. The molecular weight excluding hydrogens is 370 g/mol. The lowest BCUT2D eigenvalue weighted by atomic mass is 10.2. The number of esters is 1. The average molecular weight is 382 g/mol. The van der Waals surface area contributed by atoms with Crippen molar-refractivity contribution < 1.29 is 14.5 Å². The van der Waals surface area contributed by atoms with Crippen LogP contribution in [0.15, 0.2) is 56.7 Å². The first-order valence-electron chi connectivity index (χ1n) is 6.40. The van der Waals surface area contributed by atoms with E-state index in [-0.39, 0.29) is 5.69 Å². The van der Waals surface area contributed by atoms with E-state index >= 15 is 0 Å². The predicted octanol–water partition coefficient (Wildman–Crippen LogP) is 4.69. The minimum absolute atomic E-state index is 0.0331. The first-order valence-corrected chi connectivity index (χ1v) is 8.01. The Labute approximate surface area is 140 Å². The molecule has 0 radical (unpaired) electrons. The number of nitro groups is 1. The maximum absolute atomic E-state index is 12.0. The summed E-state index contributed by atoms with van der Waals surface area (Å²) in [5.41, 5.74) is 0.491. The zero-order valence-corrected chi connectivity index (χ0v) is 14.0. The van der Waals surface area contributed by atoms with Gasteiger partial charge in [0.1, 0.15) is 0 Å². The molecule has 0 bridgehead atoms. The van der Waals surface area contributed by atoms with Gasteiger partial charge in [0.25, 0.3) is 5.69 Å². The molecule has 2 aromatic carbocycles. The minimum Gasteiger partial charge on any atom is -0.462 e. The van der Waals surface area contributed by atoms with Gasteiger partial charge in [-0.3, -0.25) is 10.1 Å². The Balaban J connectivity index is 2.28. The van der Waals surface area contributed by atoms with Gasteiger partial charge in [-0.25, -0.2) is 4.79 Å². The van der Waals surface area contributed by atoms with Gasteiger partial charge >= 0.3 is 5.97 Å². The lowest BCUT2D eigenvalue weighted by Gasteiger charge is -2.09. The number of benzene rings is 2. The molecule has 0 aliphatic heterocycles. The van der Waals surface area contributed by atoms with Crippen molar-refractivity contribution in [3.05, 3.63) is 62.6 Å². The molecule has 22 heavy (non-hydrogen) atoms. The first-order chi connectivity index (χ1) is 10.5. The second-order valence-electron chi connectivity index (χ2n) is 4.21. The molecule has 0 N–H and O–H groups in total. The van der Waals surface area contributed by atoms with Crippen LogP contribution in [0.4, 0.5) is 5.69 Å². The fourth-order valence-electron chi connectivity index (χ4n) is 1.72. The van der Waals surface area contributed by atoms with Crippen molar-refractivity contribution in [2.45, 2.75) is 16.7 Å². The Morgan fingerprint density at radius 3 is 2.55 bits per heavy atom. The fourth-order valence-corrected chi connectivity index (χ4v) is 3.00.